The number of nitrogens with zero attached hydrogens (tertiary/aromatic N) is 1. The van der Waals surface area contributed by atoms with Gasteiger partial charge in [-0.2, -0.15) is 0 Å². The Hall–Kier alpha value is -0.540. The van der Waals surface area contributed by atoms with Gasteiger partial charge in [0.1, 0.15) is 0 Å². The van der Waals surface area contributed by atoms with Crippen LogP contribution in [-0.2, 0) is 9.53 Å². The summed E-state index contributed by atoms with van der Waals surface area (Å²) in [5.74, 6) is -0.301. The van der Waals surface area contributed by atoms with Gasteiger partial charge in [0.15, 0.2) is 0 Å². The summed E-state index contributed by atoms with van der Waals surface area (Å²) >= 11 is 0. The van der Waals surface area contributed by atoms with Gasteiger partial charge in [0.25, 0.3) is 0 Å². The lowest BCUT2D eigenvalue weighted by Crippen LogP contribution is -3.00. The van der Waals surface area contributed by atoms with E-state index in [9.17, 15) is 4.79 Å². The number of halogens is 1. The first kappa shape index (κ1) is 22.5. The van der Waals surface area contributed by atoms with Crippen LogP contribution in [0.15, 0.2) is 12.7 Å². The second kappa shape index (κ2) is 13.9. The lowest BCUT2D eigenvalue weighted by Gasteiger charge is -2.29. The lowest BCUT2D eigenvalue weighted by molar-refractivity contribution is -0.897. The smallest absolute Gasteiger partial charge is 0.330 e. The molecule has 1 aliphatic heterocycles. The van der Waals surface area contributed by atoms with E-state index in [1.807, 2.05) is 0 Å². The second-order valence-electron chi connectivity index (χ2n) is 7.05. The first-order valence-electron chi connectivity index (χ1n) is 9.29. The second-order valence-corrected chi connectivity index (χ2v) is 7.05. The van der Waals surface area contributed by atoms with Gasteiger partial charge in [-0.25, -0.2) is 4.79 Å². The molecule has 136 valence electrons. The molecule has 0 aliphatic carbocycles. The van der Waals surface area contributed by atoms with Crippen LogP contribution in [0.4, 0.5) is 0 Å². The highest BCUT2D eigenvalue weighted by Crippen LogP contribution is 2.18. The predicted octanol–water partition coefficient (Wildman–Crippen LogP) is 1.47. The van der Waals surface area contributed by atoms with Crippen molar-refractivity contribution in [1.82, 2.24) is 0 Å². The molecule has 1 saturated heterocycles. The normalized spacial score (nSPS) is 15.9. The molecule has 0 aromatic rings. The molecule has 1 rings (SSSR count). The van der Waals surface area contributed by atoms with Gasteiger partial charge < -0.3 is 21.6 Å². The van der Waals surface area contributed by atoms with Crippen LogP contribution in [-0.4, -0.2) is 43.7 Å². The molecule has 0 aromatic carbocycles. The Morgan fingerprint density at radius 1 is 0.957 bits per heavy atom. The third-order valence-electron chi connectivity index (χ3n) is 4.90. The number of hydrogen-bond donors (Lipinski definition) is 0. The minimum Gasteiger partial charge on any atom is -1.00 e. The summed E-state index contributed by atoms with van der Waals surface area (Å²) in [7, 11) is 2.43. The van der Waals surface area contributed by atoms with E-state index in [0.717, 1.165) is 6.42 Å². The third kappa shape index (κ3) is 11.6. The summed E-state index contributed by atoms with van der Waals surface area (Å²) in [6.07, 6.45) is 15.8. The van der Waals surface area contributed by atoms with Crippen molar-refractivity contribution < 1.29 is 26.4 Å². The van der Waals surface area contributed by atoms with E-state index in [0.29, 0.717) is 6.61 Å². The van der Waals surface area contributed by atoms with Gasteiger partial charge in [0.05, 0.1) is 33.3 Å². The SMILES string of the molecule is C=CC(=O)OCCCCCCCCCCC[N+]1(C)CCCC1.[Cl-]. The Labute approximate surface area is 149 Å². The number of hydrogen-bond acceptors (Lipinski definition) is 2. The maximum absolute atomic E-state index is 10.8. The zero-order valence-electron chi connectivity index (χ0n) is 15.0. The van der Waals surface area contributed by atoms with E-state index in [1.165, 1.54) is 94.4 Å². The van der Waals surface area contributed by atoms with Crippen molar-refractivity contribution in [3.8, 4) is 0 Å². The molecule has 1 heterocycles. The van der Waals surface area contributed by atoms with Crippen LogP contribution in [0.5, 0.6) is 0 Å². The van der Waals surface area contributed by atoms with Crippen LogP contribution in [0.1, 0.15) is 70.6 Å². The average molecular weight is 346 g/mol. The van der Waals surface area contributed by atoms with E-state index >= 15 is 0 Å². The van der Waals surface area contributed by atoms with Crippen molar-refractivity contribution in [3.05, 3.63) is 12.7 Å². The Bertz CT molecular complexity index is 314. The van der Waals surface area contributed by atoms with E-state index in [4.69, 9.17) is 4.74 Å². The molecule has 1 fully saturated rings. The largest absolute Gasteiger partial charge is 1.00 e. The summed E-state index contributed by atoms with van der Waals surface area (Å²) < 4.78 is 6.28. The van der Waals surface area contributed by atoms with E-state index in [1.54, 1.807) is 0 Å². The first-order valence-corrected chi connectivity index (χ1v) is 9.29. The molecular formula is C19H36ClNO2. The maximum Gasteiger partial charge on any atom is 0.330 e. The molecule has 0 radical (unpaired) electrons. The Morgan fingerprint density at radius 2 is 1.43 bits per heavy atom. The fraction of sp³-hybridized carbons (Fsp3) is 0.842. The van der Waals surface area contributed by atoms with Crippen LogP contribution in [0.2, 0.25) is 0 Å². The number of carbonyl (C=O) groups excluding carboxylic acids is 1. The summed E-state index contributed by atoms with van der Waals surface area (Å²) in [5, 5.41) is 0. The van der Waals surface area contributed by atoms with E-state index < -0.39 is 0 Å². The average Bonchev–Trinajstić information content (AvgIpc) is 2.95. The van der Waals surface area contributed by atoms with Gasteiger partial charge >= 0.3 is 5.97 Å². The fourth-order valence-corrected chi connectivity index (χ4v) is 3.39. The minimum atomic E-state index is -0.301. The number of ether oxygens (including phenoxy) is 1. The van der Waals surface area contributed by atoms with Crippen molar-refractivity contribution in [3.63, 3.8) is 0 Å². The molecule has 0 spiro atoms. The monoisotopic (exact) mass is 345 g/mol. The quantitative estimate of drug-likeness (QED) is 0.219. The molecule has 0 atom stereocenters. The van der Waals surface area contributed by atoms with Crippen LogP contribution in [0, 0.1) is 0 Å². The molecule has 4 heteroatoms. The Balaban J connectivity index is 0.00000484. The van der Waals surface area contributed by atoms with Crippen molar-refractivity contribution in [2.24, 2.45) is 0 Å². The third-order valence-corrected chi connectivity index (χ3v) is 4.90. The highest BCUT2D eigenvalue weighted by Gasteiger charge is 2.25. The maximum atomic E-state index is 10.8. The molecule has 23 heavy (non-hydrogen) atoms. The zero-order valence-corrected chi connectivity index (χ0v) is 15.8. The van der Waals surface area contributed by atoms with Gasteiger partial charge in [0, 0.05) is 18.9 Å². The van der Waals surface area contributed by atoms with Gasteiger partial charge in [-0.05, 0) is 19.3 Å². The lowest BCUT2D eigenvalue weighted by atomic mass is 10.1. The zero-order chi connectivity index (χ0) is 16.1. The standard InChI is InChI=1S/C19H36NO2.ClH/c1-3-19(21)22-18-14-10-8-6-4-5-7-9-11-15-20(2)16-12-13-17-20;/h3H,1,4-18H2,2H3;1H/q+1;/p-1. The number of likely N-dealkylation sites (tertiary alicyclic amines) is 1. The molecule has 0 aromatic heterocycles. The summed E-state index contributed by atoms with van der Waals surface area (Å²) in [6.45, 7) is 8.13. The Kier molecular flexibility index (Phi) is 13.5. The number of carbonyl (C=O) groups is 1. The number of unbranched alkanes of at least 4 members (excludes halogenated alkanes) is 8. The van der Waals surface area contributed by atoms with Gasteiger partial charge in [-0.15, -0.1) is 0 Å². The Morgan fingerprint density at radius 3 is 1.96 bits per heavy atom. The van der Waals surface area contributed by atoms with Gasteiger partial charge in [-0.3, -0.25) is 0 Å². The number of esters is 1. The summed E-state index contributed by atoms with van der Waals surface area (Å²) in [4.78, 5) is 10.8. The molecule has 1 aliphatic rings. The molecule has 0 saturated carbocycles. The molecule has 0 bridgehead atoms. The van der Waals surface area contributed by atoms with Crippen LogP contribution >= 0.6 is 0 Å². The van der Waals surface area contributed by atoms with E-state index in [-0.39, 0.29) is 18.4 Å². The van der Waals surface area contributed by atoms with Crippen molar-refractivity contribution >= 4 is 5.97 Å². The highest BCUT2D eigenvalue weighted by molar-refractivity contribution is 5.81. The predicted molar refractivity (Wildman–Crippen MR) is 92.7 cm³/mol. The van der Waals surface area contributed by atoms with Crippen molar-refractivity contribution in [1.29, 1.82) is 0 Å². The summed E-state index contributed by atoms with van der Waals surface area (Å²) in [5.41, 5.74) is 0. The molecule has 3 nitrogen and oxygen atoms in total. The van der Waals surface area contributed by atoms with Crippen LogP contribution < -0.4 is 12.4 Å². The van der Waals surface area contributed by atoms with Crippen LogP contribution in [0.25, 0.3) is 0 Å². The molecular weight excluding hydrogens is 310 g/mol. The summed E-state index contributed by atoms with van der Waals surface area (Å²) in [6, 6.07) is 0. The first-order chi connectivity index (χ1) is 10.7. The minimum absolute atomic E-state index is 0. The van der Waals surface area contributed by atoms with Crippen molar-refractivity contribution in [2.75, 3.05) is 33.3 Å². The molecule has 0 unspecified atom stereocenters. The fourth-order valence-electron chi connectivity index (χ4n) is 3.39. The topological polar surface area (TPSA) is 26.3 Å². The molecule has 0 N–H and O–H groups in total. The van der Waals surface area contributed by atoms with Crippen molar-refractivity contribution in [2.45, 2.75) is 70.6 Å². The number of quaternary nitrogens is 1. The van der Waals surface area contributed by atoms with Gasteiger partial charge in [-0.1, -0.05) is 45.1 Å². The molecule has 0 amide bonds. The van der Waals surface area contributed by atoms with Gasteiger partial charge in [0.2, 0.25) is 0 Å². The highest BCUT2D eigenvalue weighted by atomic mass is 35.5. The van der Waals surface area contributed by atoms with Crippen LogP contribution in [0.3, 0.4) is 0 Å². The van der Waals surface area contributed by atoms with E-state index in [2.05, 4.69) is 13.6 Å². The number of rotatable bonds is 13.